The molecular weight excluding hydrogens is 222 g/mol. The van der Waals surface area contributed by atoms with Crippen LogP contribution in [0.1, 0.15) is 26.7 Å². The molecule has 0 bridgehead atoms. The van der Waals surface area contributed by atoms with Crippen LogP contribution in [0.3, 0.4) is 0 Å². The lowest BCUT2D eigenvalue weighted by Crippen LogP contribution is -2.43. The fourth-order valence-electron chi connectivity index (χ4n) is 2.96. The summed E-state index contributed by atoms with van der Waals surface area (Å²) in [6, 6.07) is 0.703. The summed E-state index contributed by atoms with van der Waals surface area (Å²) in [5.41, 5.74) is 0. The molecule has 1 N–H and O–H groups in total. The first-order chi connectivity index (χ1) is 8.75. The molecule has 0 amide bonds. The lowest BCUT2D eigenvalue weighted by atomic mass is 9.96. The molecule has 0 aromatic heterocycles. The Bertz CT molecular complexity index is 256. The summed E-state index contributed by atoms with van der Waals surface area (Å²) in [7, 11) is 0. The van der Waals surface area contributed by atoms with E-state index in [9.17, 15) is 0 Å². The normalized spacial score (nSPS) is 28.3. The van der Waals surface area contributed by atoms with E-state index in [-0.39, 0.29) is 0 Å². The number of nitrogens with one attached hydrogen (secondary N) is 1. The van der Waals surface area contributed by atoms with Crippen LogP contribution in [0.4, 0.5) is 0 Å². The summed E-state index contributed by atoms with van der Waals surface area (Å²) >= 11 is 0. The molecule has 104 valence electrons. The third kappa shape index (κ3) is 4.38. The molecule has 3 nitrogen and oxygen atoms in total. The van der Waals surface area contributed by atoms with Crippen LogP contribution in [0.15, 0.2) is 12.2 Å². The molecule has 18 heavy (non-hydrogen) atoms. The van der Waals surface area contributed by atoms with Crippen LogP contribution in [-0.4, -0.2) is 61.7 Å². The van der Waals surface area contributed by atoms with E-state index in [4.69, 9.17) is 0 Å². The molecule has 2 heterocycles. The molecule has 0 aromatic carbocycles. The zero-order valence-corrected chi connectivity index (χ0v) is 12.1. The van der Waals surface area contributed by atoms with Crippen molar-refractivity contribution in [3.8, 4) is 0 Å². The molecule has 0 aromatic rings. The molecule has 2 aliphatic heterocycles. The van der Waals surface area contributed by atoms with E-state index in [0.29, 0.717) is 6.04 Å². The maximum Gasteiger partial charge on any atom is 0.0164 e. The van der Waals surface area contributed by atoms with Gasteiger partial charge in [0.05, 0.1) is 0 Å². The Morgan fingerprint density at radius 1 is 1.22 bits per heavy atom. The highest BCUT2D eigenvalue weighted by Gasteiger charge is 2.19. The number of nitrogens with zero attached hydrogens (tertiary/aromatic N) is 2. The van der Waals surface area contributed by atoms with Crippen LogP contribution in [0.25, 0.3) is 0 Å². The number of piperidine rings is 1. The zero-order valence-electron chi connectivity index (χ0n) is 12.1. The predicted octanol–water partition coefficient (Wildman–Crippen LogP) is 1.57. The lowest BCUT2D eigenvalue weighted by molar-refractivity contribution is 0.158. The van der Waals surface area contributed by atoms with E-state index < -0.39 is 0 Å². The van der Waals surface area contributed by atoms with Gasteiger partial charge in [-0.1, -0.05) is 12.2 Å². The first-order valence-corrected chi connectivity index (χ1v) is 7.59. The maximum absolute atomic E-state index is 3.40. The highest BCUT2D eigenvalue weighted by Crippen LogP contribution is 2.19. The van der Waals surface area contributed by atoms with Gasteiger partial charge in [0.25, 0.3) is 0 Å². The summed E-state index contributed by atoms with van der Waals surface area (Å²) in [4.78, 5) is 5.15. The second kappa shape index (κ2) is 7.27. The fourth-order valence-corrected chi connectivity index (χ4v) is 2.96. The molecule has 0 saturated carbocycles. The topological polar surface area (TPSA) is 18.5 Å². The van der Waals surface area contributed by atoms with Crippen molar-refractivity contribution in [1.29, 1.82) is 0 Å². The van der Waals surface area contributed by atoms with Crippen molar-refractivity contribution in [1.82, 2.24) is 15.1 Å². The Morgan fingerprint density at radius 2 is 2.00 bits per heavy atom. The van der Waals surface area contributed by atoms with Crippen LogP contribution >= 0.6 is 0 Å². The van der Waals surface area contributed by atoms with E-state index >= 15 is 0 Å². The van der Waals surface area contributed by atoms with Crippen LogP contribution in [0.2, 0.25) is 0 Å². The van der Waals surface area contributed by atoms with E-state index in [1.807, 2.05) is 0 Å². The van der Waals surface area contributed by atoms with Crippen LogP contribution < -0.4 is 5.32 Å². The summed E-state index contributed by atoms with van der Waals surface area (Å²) in [5, 5.41) is 3.40. The third-order valence-electron chi connectivity index (χ3n) is 4.20. The van der Waals surface area contributed by atoms with Crippen molar-refractivity contribution in [3.63, 3.8) is 0 Å². The molecular formula is C15H29N3. The molecule has 2 saturated heterocycles. The van der Waals surface area contributed by atoms with E-state index in [0.717, 1.165) is 25.6 Å². The van der Waals surface area contributed by atoms with Gasteiger partial charge in [-0.05, 0) is 39.2 Å². The smallest absolute Gasteiger partial charge is 0.0164 e. The van der Waals surface area contributed by atoms with Gasteiger partial charge in [0, 0.05) is 45.3 Å². The summed E-state index contributed by atoms with van der Waals surface area (Å²) in [5.74, 6) is 0.782. The summed E-state index contributed by atoms with van der Waals surface area (Å²) in [6.07, 6.45) is 7.61. The van der Waals surface area contributed by atoms with Gasteiger partial charge in [-0.2, -0.15) is 0 Å². The summed E-state index contributed by atoms with van der Waals surface area (Å²) < 4.78 is 0. The minimum absolute atomic E-state index is 0.703. The number of hydrogen-bond acceptors (Lipinski definition) is 3. The molecule has 3 heteroatoms. The second-order valence-electron chi connectivity index (χ2n) is 5.97. The van der Waals surface area contributed by atoms with Gasteiger partial charge in [0.1, 0.15) is 0 Å². The van der Waals surface area contributed by atoms with Crippen molar-refractivity contribution < 1.29 is 0 Å². The van der Waals surface area contributed by atoms with Crippen LogP contribution in [0, 0.1) is 5.92 Å². The zero-order chi connectivity index (χ0) is 12.8. The highest BCUT2D eigenvalue weighted by atomic mass is 15.2. The lowest BCUT2D eigenvalue weighted by Gasteiger charge is -2.34. The van der Waals surface area contributed by atoms with Crippen LogP contribution in [0.5, 0.6) is 0 Å². The minimum Gasteiger partial charge on any atom is -0.314 e. The van der Waals surface area contributed by atoms with Gasteiger partial charge in [-0.25, -0.2) is 0 Å². The SMILES string of the molecule is CC(C)N1CCCC(/C=C\CN2CCNCC2)C1. The van der Waals surface area contributed by atoms with Gasteiger partial charge in [-0.15, -0.1) is 0 Å². The molecule has 0 aliphatic carbocycles. The summed E-state index contributed by atoms with van der Waals surface area (Å²) in [6.45, 7) is 13.0. The number of hydrogen-bond donors (Lipinski definition) is 1. The number of rotatable bonds is 4. The monoisotopic (exact) mass is 251 g/mol. The number of likely N-dealkylation sites (tertiary alicyclic amines) is 1. The van der Waals surface area contributed by atoms with Crippen molar-refractivity contribution in [2.75, 3.05) is 45.8 Å². The van der Waals surface area contributed by atoms with E-state index in [2.05, 4.69) is 41.1 Å². The van der Waals surface area contributed by atoms with Gasteiger partial charge in [0.2, 0.25) is 0 Å². The van der Waals surface area contributed by atoms with E-state index in [1.165, 1.54) is 39.0 Å². The van der Waals surface area contributed by atoms with Gasteiger partial charge >= 0.3 is 0 Å². The third-order valence-corrected chi connectivity index (χ3v) is 4.20. The van der Waals surface area contributed by atoms with Gasteiger partial charge in [-0.3, -0.25) is 4.90 Å². The van der Waals surface area contributed by atoms with Crippen LogP contribution in [-0.2, 0) is 0 Å². The molecule has 2 rings (SSSR count). The van der Waals surface area contributed by atoms with Crippen molar-refractivity contribution in [3.05, 3.63) is 12.2 Å². The van der Waals surface area contributed by atoms with Gasteiger partial charge in [0.15, 0.2) is 0 Å². The Labute approximate surface area is 112 Å². The Balaban J connectivity index is 1.71. The average molecular weight is 251 g/mol. The minimum atomic E-state index is 0.703. The van der Waals surface area contributed by atoms with Crippen molar-refractivity contribution >= 4 is 0 Å². The first kappa shape index (κ1) is 14.0. The quantitative estimate of drug-likeness (QED) is 0.765. The molecule has 2 aliphatic rings. The predicted molar refractivity (Wildman–Crippen MR) is 77.9 cm³/mol. The number of piperazine rings is 1. The Hall–Kier alpha value is -0.380. The van der Waals surface area contributed by atoms with Crippen molar-refractivity contribution in [2.45, 2.75) is 32.7 Å². The molecule has 2 fully saturated rings. The maximum atomic E-state index is 3.40. The standard InChI is InChI=1S/C15H29N3/c1-14(2)18-10-4-6-15(13-18)5-3-9-17-11-7-16-8-12-17/h3,5,14-16H,4,6-13H2,1-2H3/b5-3-. The second-order valence-corrected chi connectivity index (χ2v) is 5.97. The van der Waals surface area contributed by atoms with Gasteiger partial charge < -0.3 is 10.2 Å². The Morgan fingerprint density at radius 3 is 2.72 bits per heavy atom. The molecule has 0 radical (unpaired) electrons. The molecule has 1 atom stereocenters. The highest BCUT2D eigenvalue weighted by molar-refractivity contribution is 4.94. The fraction of sp³-hybridized carbons (Fsp3) is 0.867. The molecule has 1 unspecified atom stereocenters. The first-order valence-electron chi connectivity index (χ1n) is 7.59. The van der Waals surface area contributed by atoms with Crippen molar-refractivity contribution in [2.24, 2.45) is 5.92 Å². The Kier molecular flexibility index (Phi) is 5.67. The average Bonchev–Trinajstić information content (AvgIpc) is 2.40. The van der Waals surface area contributed by atoms with E-state index in [1.54, 1.807) is 0 Å². The molecule has 0 spiro atoms. The largest absolute Gasteiger partial charge is 0.314 e.